The van der Waals surface area contributed by atoms with Crippen molar-refractivity contribution < 1.29 is 4.79 Å². The molecular formula is C14H9Cl2N3O2S2. The van der Waals surface area contributed by atoms with Crippen molar-refractivity contribution in [2.75, 3.05) is 5.32 Å². The van der Waals surface area contributed by atoms with E-state index in [1.807, 2.05) is 0 Å². The van der Waals surface area contributed by atoms with Crippen molar-refractivity contribution in [2.45, 2.75) is 0 Å². The first-order valence-electron chi connectivity index (χ1n) is 6.33. The number of carbonyl (C=O) groups excluding carboxylic acids is 1. The van der Waals surface area contributed by atoms with Crippen molar-refractivity contribution >= 4 is 56.9 Å². The molecule has 0 spiro atoms. The number of carbonyl (C=O) groups is 1. The van der Waals surface area contributed by atoms with E-state index >= 15 is 0 Å². The second-order valence-electron chi connectivity index (χ2n) is 4.59. The molecule has 3 heterocycles. The lowest BCUT2D eigenvalue weighted by Gasteiger charge is -2.02. The van der Waals surface area contributed by atoms with Crippen LogP contribution in [0.3, 0.4) is 0 Å². The zero-order valence-corrected chi connectivity index (χ0v) is 14.8. The van der Waals surface area contributed by atoms with Crippen LogP contribution in [0.25, 0.3) is 11.3 Å². The fraction of sp³-hybridized carbons (Fsp3) is 0.0714. The van der Waals surface area contributed by atoms with E-state index in [1.54, 1.807) is 24.6 Å². The first kappa shape index (κ1) is 16.2. The van der Waals surface area contributed by atoms with Gasteiger partial charge in [-0.15, -0.1) is 22.7 Å². The molecule has 0 bridgehead atoms. The van der Waals surface area contributed by atoms with Crippen molar-refractivity contribution in [3.8, 4) is 11.3 Å². The van der Waals surface area contributed by atoms with Gasteiger partial charge in [-0.2, -0.15) is 0 Å². The summed E-state index contributed by atoms with van der Waals surface area (Å²) in [6, 6.07) is 4.58. The summed E-state index contributed by atoms with van der Waals surface area (Å²) in [5.41, 5.74) is 1.40. The smallest absolute Gasteiger partial charge is 0.257 e. The second-order valence-corrected chi connectivity index (χ2v) is 7.74. The number of rotatable bonds is 3. The van der Waals surface area contributed by atoms with E-state index in [1.165, 1.54) is 39.5 Å². The number of anilines is 1. The van der Waals surface area contributed by atoms with Gasteiger partial charge in [0.1, 0.15) is 4.34 Å². The Morgan fingerprint density at radius 1 is 1.35 bits per heavy atom. The van der Waals surface area contributed by atoms with E-state index in [-0.39, 0.29) is 11.1 Å². The summed E-state index contributed by atoms with van der Waals surface area (Å²) in [4.78, 5) is 28.1. The van der Waals surface area contributed by atoms with Crippen molar-refractivity contribution in [1.82, 2.24) is 9.55 Å². The van der Waals surface area contributed by atoms with Crippen LogP contribution >= 0.6 is 45.9 Å². The Kier molecular flexibility index (Phi) is 4.54. The molecule has 0 aliphatic carbocycles. The van der Waals surface area contributed by atoms with Crippen LogP contribution in [0.5, 0.6) is 0 Å². The molecule has 0 atom stereocenters. The van der Waals surface area contributed by atoms with Crippen molar-refractivity contribution in [3.05, 3.63) is 54.4 Å². The topological polar surface area (TPSA) is 64.0 Å². The largest absolute Gasteiger partial charge is 0.319 e. The average molecular weight is 386 g/mol. The third kappa shape index (κ3) is 3.48. The van der Waals surface area contributed by atoms with Gasteiger partial charge in [-0.1, -0.05) is 23.2 Å². The number of hydrogen-bond donors (Lipinski definition) is 1. The van der Waals surface area contributed by atoms with Gasteiger partial charge in [-0.05, 0) is 12.1 Å². The zero-order chi connectivity index (χ0) is 16.6. The molecule has 3 aromatic rings. The van der Waals surface area contributed by atoms with Crippen LogP contribution in [0.4, 0.5) is 5.13 Å². The predicted octanol–water partition coefficient (Wildman–Crippen LogP) is 4.13. The van der Waals surface area contributed by atoms with Crippen LogP contribution in [0, 0.1) is 0 Å². The van der Waals surface area contributed by atoms with Crippen molar-refractivity contribution in [1.29, 1.82) is 0 Å². The van der Waals surface area contributed by atoms with E-state index in [9.17, 15) is 9.59 Å². The SMILES string of the molecule is Cn1ccc(C(=O)Nc2nc(-c3cc(Cl)sc3Cl)cs2)cc1=O. The van der Waals surface area contributed by atoms with E-state index in [2.05, 4.69) is 10.3 Å². The minimum absolute atomic E-state index is 0.253. The molecule has 23 heavy (non-hydrogen) atoms. The summed E-state index contributed by atoms with van der Waals surface area (Å²) in [5, 5.41) is 4.87. The molecule has 0 saturated heterocycles. The molecule has 0 aromatic carbocycles. The van der Waals surface area contributed by atoms with E-state index < -0.39 is 5.91 Å². The first-order valence-corrected chi connectivity index (χ1v) is 8.78. The van der Waals surface area contributed by atoms with Crippen molar-refractivity contribution in [3.63, 3.8) is 0 Å². The highest BCUT2D eigenvalue weighted by Gasteiger charge is 2.14. The molecule has 9 heteroatoms. The number of aryl methyl sites for hydroxylation is 1. The molecule has 1 amide bonds. The number of nitrogens with zero attached hydrogens (tertiary/aromatic N) is 2. The minimum atomic E-state index is -0.391. The molecule has 0 fully saturated rings. The maximum Gasteiger partial charge on any atom is 0.257 e. The summed E-state index contributed by atoms with van der Waals surface area (Å²) in [6.45, 7) is 0. The average Bonchev–Trinajstić information content (AvgIpc) is 3.08. The van der Waals surface area contributed by atoms with Gasteiger partial charge in [0.05, 0.1) is 10.0 Å². The Bertz CT molecular complexity index is 946. The van der Waals surface area contributed by atoms with Gasteiger partial charge >= 0.3 is 0 Å². The number of thiophene rings is 1. The van der Waals surface area contributed by atoms with Gasteiger partial charge in [0, 0.05) is 35.8 Å². The number of hydrogen-bond acceptors (Lipinski definition) is 5. The number of nitrogens with one attached hydrogen (secondary N) is 1. The number of halogens is 2. The van der Waals surface area contributed by atoms with E-state index in [4.69, 9.17) is 23.2 Å². The number of pyridine rings is 1. The van der Waals surface area contributed by atoms with Crippen LogP contribution < -0.4 is 10.9 Å². The van der Waals surface area contributed by atoms with Crippen LogP contribution in [-0.4, -0.2) is 15.5 Å². The normalized spacial score (nSPS) is 10.7. The summed E-state index contributed by atoms with van der Waals surface area (Å²) < 4.78 is 2.51. The van der Waals surface area contributed by atoms with Crippen LogP contribution in [-0.2, 0) is 7.05 Å². The van der Waals surface area contributed by atoms with Gasteiger partial charge in [-0.25, -0.2) is 4.98 Å². The van der Waals surface area contributed by atoms with Gasteiger partial charge in [0.2, 0.25) is 0 Å². The second kappa shape index (κ2) is 6.45. The fourth-order valence-electron chi connectivity index (χ4n) is 1.83. The van der Waals surface area contributed by atoms with Gasteiger partial charge in [-0.3, -0.25) is 14.9 Å². The summed E-state index contributed by atoms with van der Waals surface area (Å²) in [5.74, 6) is -0.391. The Balaban J connectivity index is 1.81. The lowest BCUT2D eigenvalue weighted by molar-refractivity contribution is 0.102. The minimum Gasteiger partial charge on any atom is -0.319 e. The number of amides is 1. The lowest BCUT2D eigenvalue weighted by atomic mass is 10.2. The molecule has 118 valence electrons. The Morgan fingerprint density at radius 3 is 2.78 bits per heavy atom. The van der Waals surface area contributed by atoms with E-state index in [0.29, 0.717) is 19.5 Å². The summed E-state index contributed by atoms with van der Waals surface area (Å²) in [6.07, 6.45) is 1.54. The van der Waals surface area contributed by atoms with Crippen molar-refractivity contribution in [2.24, 2.45) is 7.05 Å². The molecule has 1 N–H and O–H groups in total. The molecule has 5 nitrogen and oxygen atoms in total. The molecule has 0 unspecified atom stereocenters. The fourth-order valence-corrected chi connectivity index (χ4v) is 4.02. The maximum atomic E-state index is 12.2. The van der Waals surface area contributed by atoms with Crippen LogP contribution in [0.15, 0.2) is 34.6 Å². The highest BCUT2D eigenvalue weighted by Crippen LogP contribution is 2.38. The van der Waals surface area contributed by atoms with Gasteiger partial charge in [0.15, 0.2) is 5.13 Å². The number of thiazole rings is 1. The van der Waals surface area contributed by atoms with Gasteiger partial charge in [0.25, 0.3) is 11.5 Å². The molecule has 0 aliphatic heterocycles. The third-order valence-corrected chi connectivity index (χ3v) is 5.27. The highest BCUT2D eigenvalue weighted by molar-refractivity contribution is 7.20. The number of aromatic nitrogens is 2. The standard InChI is InChI=1S/C14H9Cl2N3O2S2/c1-19-3-2-7(4-11(19)20)13(21)18-14-17-9(6-22-14)8-5-10(15)23-12(8)16/h2-6H,1H3,(H,17,18,21). The molecule has 0 radical (unpaired) electrons. The van der Waals surface area contributed by atoms with Crippen LogP contribution in [0.2, 0.25) is 8.67 Å². The lowest BCUT2D eigenvalue weighted by Crippen LogP contribution is -2.19. The molecule has 0 aliphatic rings. The molecule has 3 rings (SSSR count). The van der Waals surface area contributed by atoms with E-state index in [0.717, 1.165) is 5.56 Å². The Labute approximate surface area is 149 Å². The molecular weight excluding hydrogens is 377 g/mol. The first-order chi connectivity index (χ1) is 10.9. The zero-order valence-electron chi connectivity index (χ0n) is 11.7. The molecule has 3 aromatic heterocycles. The predicted molar refractivity (Wildman–Crippen MR) is 95.1 cm³/mol. The third-order valence-electron chi connectivity index (χ3n) is 3.02. The summed E-state index contributed by atoms with van der Waals surface area (Å²) in [7, 11) is 1.62. The Hall–Kier alpha value is -1.67. The maximum absolute atomic E-state index is 12.2. The van der Waals surface area contributed by atoms with Gasteiger partial charge < -0.3 is 4.57 Å². The Morgan fingerprint density at radius 2 is 2.13 bits per heavy atom. The quantitative estimate of drug-likeness (QED) is 0.736. The van der Waals surface area contributed by atoms with Crippen LogP contribution in [0.1, 0.15) is 10.4 Å². The highest BCUT2D eigenvalue weighted by atomic mass is 35.5. The monoisotopic (exact) mass is 385 g/mol. The summed E-state index contributed by atoms with van der Waals surface area (Å²) >= 11 is 14.5. The molecule has 0 saturated carbocycles.